The lowest BCUT2D eigenvalue weighted by molar-refractivity contribution is 0.0432. The summed E-state index contributed by atoms with van der Waals surface area (Å²) in [6.45, 7) is 1.91. The van der Waals surface area contributed by atoms with Crippen molar-refractivity contribution in [1.29, 1.82) is 0 Å². The van der Waals surface area contributed by atoms with Crippen molar-refractivity contribution in [3.05, 3.63) is 29.8 Å². The summed E-state index contributed by atoms with van der Waals surface area (Å²) in [4.78, 5) is 2.34. The summed E-state index contributed by atoms with van der Waals surface area (Å²) in [5, 5.41) is 9.99. The maximum Gasteiger partial charge on any atom is 0.297 e. The summed E-state index contributed by atoms with van der Waals surface area (Å²) >= 11 is 0. The van der Waals surface area contributed by atoms with E-state index in [0.717, 1.165) is 5.56 Å². The lowest BCUT2D eigenvalue weighted by Crippen LogP contribution is -2.45. The maximum absolute atomic E-state index is 12.3. The number of aliphatic hydroxyl groups is 1. The molecule has 2 aliphatic rings. The van der Waals surface area contributed by atoms with Gasteiger partial charge in [-0.05, 0) is 45.4 Å². The molecule has 0 saturated carbocycles. The van der Waals surface area contributed by atoms with Gasteiger partial charge in [-0.2, -0.15) is 8.42 Å². The Kier molecular flexibility index (Phi) is 3.81. The zero-order chi connectivity index (χ0) is 15.2. The van der Waals surface area contributed by atoms with Crippen LogP contribution in [0.4, 0.5) is 0 Å². The molecule has 0 radical (unpaired) electrons. The second-order valence-corrected chi connectivity index (χ2v) is 7.72. The van der Waals surface area contributed by atoms with Crippen LogP contribution in [0.3, 0.4) is 0 Å². The van der Waals surface area contributed by atoms with Crippen molar-refractivity contribution in [1.82, 2.24) is 4.90 Å². The molecule has 5 nitrogen and oxygen atoms in total. The predicted molar refractivity (Wildman–Crippen MR) is 78.4 cm³/mol. The second kappa shape index (κ2) is 5.35. The third-order valence-corrected chi connectivity index (χ3v) is 6.04. The van der Waals surface area contributed by atoms with Crippen molar-refractivity contribution < 1.29 is 17.7 Å². The van der Waals surface area contributed by atoms with Gasteiger partial charge >= 0.3 is 0 Å². The summed E-state index contributed by atoms with van der Waals surface area (Å²) in [5.41, 5.74) is 1.01. The third kappa shape index (κ3) is 2.85. The van der Waals surface area contributed by atoms with Gasteiger partial charge in [0.05, 0.1) is 17.1 Å². The van der Waals surface area contributed by atoms with Gasteiger partial charge in [-0.15, -0.1) is 0 Å². The van der Waals surface area contributed by atoms with Crippen molar-refractivity contribution in [2.75, 3.05) is 7.05 Å². The molecule has 2 bridgehead atoms. The van der Waals surface area contributed by atoms with Crippen LogP contribution in [-0.2, 0) is 14.3 Å². The van der Waals surface area contributed by atoms with Crippen LogP contribution in [0.5, 0.6) is 0 Å². The highest BCUT2D eigenvalue weighted by Crippen LogP contribution is 2.36. The minimum Gasteiger partial charge on any atom is -0.391 e. The largest absolute Gasteiger partial charge is 0.391 e. The van der Waals surface area contributed by atoms with Gasteiger partial charge in [-0.25, -0.2) is 0 Å². The van der Waals surface area contributed by atoms with Crippen LogP contribution in [-0.4, -0.2) is 49.8 Å². The fourth-order valence-electron chi connectivity index (χ4n) is 3.42. The Bertz CT molecular complexity index is 613. The first-order valence-corrected chi connectivity index (χ1v) is 8.67. The molecule has 3 rings (SSSR count). The number of hydrogen-bond acceptors (Lipinski definition) is 5. The van der Waals surface area contributed by atoms with Gasteiger partial charge in [-0.3, -0.25) is 9.08 Å². The van der Waals surface area contributed by atoms with Crippen molar-refractivity contribution in [2.45, 2.75) is 55.4 Å². The Morgan fingerprint density at radius 2 is 1.86 bits per heavy atom. The highest BCUT2D eigenvalue weighted by atomic mass is 32.2. The summed E-state index contributed by atoms with van der Waals surface area (Å²) in [7, 11) is -1.75. The molecule has 1 N–H and O–H groups in total. The van der Waals surface area contributed by atoms with Crippen molar-refractivity contribution in [2.24, 2.45) is 0 Å². The van der Waals surface area contributed by atoms with Gasteiger partial charge in [0, 0.05) is 12.1 Å². The summed E-state index contributed by atoms with van der Waals surface area (Å²) < 4.78 is 30.0. The highest BCUT2D eigenvalue weighted by Gasteiger charge is 2.45. The molecule has 0 spiro atoms. The molecule has 2 aliphatic heterocycles. The van der Waals surface area contributed by atoms with Crippen LogP contribution in [0.1, 0.15) is 24.8 Å². The number of fused-ring (bicyclic) bond motifs is 2. The Morgan fingerprint density at radius 1 is 1.19 bits per heavy atom. The molecule has 0 amide bonds. The Morgan fingerprint density at radius 3 is 2.48 bits per heavy atom. The standard InChI is InChI=1S/C15H21NO4S/c1-10-3-5-13(6-4-10)21(18,19)20-12-7-11-8-15(17)14(9-12)16(11)2/h3-6,11-12,14-15,17H,7-9H2,1-2H3/t11-,12-,14+,15-/m0/s1. The average molecular weight is 311 g/mol. The van der Waals surface area contributed by atoms with Gasteiger partial charge in [0.2, 0.25) is 0 Å². The van der Waals surface area contributed by atoms with E-state index in [4.69, 9.17) is 4.18 Å². The number of benzene rings is 1. The zero-order valence-corrected chi connectivity index (χ0v) is 13.1. The van der Waals surface area contributed by atoms with Gasteiger partial charge in [0.1, 0.15) is 0 Å². The zero-order valence-electron chi connectivity index (χ0n) is 12.3. The Hall–Kier alpha value is -0.950. The minimum absolute atomic E-state index is 0.00182. The Balaban J connectivity index is 1.74. The van der Waals surface area contributed by atoms with Crippen LogP contribution in [0, 0.1) is 6.92 Å². The van der Waals surface area contributed by atoms with Crippen LogP contribution >= 0.6 is 0 Å². The van der Waals surface area contributed by atoms with Gasteiger partial charge < -0.3 is 5.11 Å². The van der Waals surface area contributed by atoms with E-state index in [2.05, 4.69) is 4.90 Å². The summed E-state index contributed by atoms with van der Waals surface area (Å²) in [6.07, 6.45) is 1.18. The maximum atomic E-state index is 12.3. The first-order chi connectivity index (χ1) is 9.87. The average Bonchev–Trinajstić information content (AvgIpc) is 2.58. The van der Waals surface area contributed by atoms with E-state index in [0.29, 0.717) is 19.3 Å². The smallest absolute Gasteiger partial charge is 0.297 e. The lowest BCUT2D eigenvalue weighted by Gasteiger charge is -2.35. The van der Waals surface area contributed by atoms with Crippen molar-refractivity contribution >= 4 is 10.1 Å². The van der Waals surface area contributed by atoms with E-state index >= 15 is 0 Å². The van der Waals surface area contributed by atoms with E-state index in [1.165, 1.54) is 0 Å². The molecule has 2 saturated heterocycles. The highest BCUT2D eigenvalue weighted by molar-refractivity contribution is 7.86. The molecule has 1 aromatic rings. The van der Waals surface area contributed by atoms with E-state index < -0.39 is 10.1 Å². The number of aliphatic hydroxyl groups excluding tert-OH is 1. The molecule has 21 heavy (non-hydrogen) atoms. The Labute approximate surface area is 125 Å². The van der Waals surface area contributed by atoms with Gasteiger partial charge in [0.25, 0.3) is 10.1 Å². The number of nitrogens with zero attached hydrogens (tertiary/aromatic N) is 1. The first-order valence-electron chi connectivity index (χ1n) is 7.27. The van der Waals surface area contributed by atoms with Crippen LogP contribution < -0.4 is 0 Å². The van der Waals surface area contributed by atoms with E-state index in [9.17, 15) is 13.5 Å². The SMILES string of the molecule is Cc1ccc(S(=O)(=O)O[C@H]2C[C@H]3C[C@H](O)[C@@H](C2)N3C)cc1. The molecule has 1 aromatic carbocycles. The summed E-state index contributed by atoms with van der Waals surface area (Å²) in [5.74, 6) is 0. The lowest BCUT2D eigenvalue weighted by atomic mass is 10.0. The monoisotopic (exact) mass is 311 g/mol. The molecular formula is C15H21NO4S. The van der Waals surface area contributed by atoms with Gasteiger partial charge in [-0.1, -0.05) is 17.7 Å². The second-order valence-electron chi connectivity index (χ2n) is 6.15. The van der Waals surface area contributed by atoms with E-state index in [1.807, 2.05) is 14.0 Å². The van der Waals surface area contributed by atoms with Crippen LogP contribution in [0.2, 0.25) is 0 Å². The fourth-order valence-corrected chi connectivity index (χ4v) is 4.51. The minimum atomic E-state index is -3.73. The molecule has 4 atom stereocenters. The third-order valence-electron chi connectivity index (χ3n) is 4.67. The first kappa shape index (κ1) is 15.0. The molecular weight excluding hydrogens is 290 g/mol. The molecule has 116 valence electrons. The number of likely N-dealkylation sites (N-methyl/N-ethyl adjacent to an activating group) is 1. The van der Waals surface area contributed by atoms with Crippen molar-refractivity contribution in [3.63, 3.8) is 0 Å². The predicted octanol–water partition coefficient (Wildman–Crippen LogP) is 1.30. The number of piperidine rings is 1. The molecule has 2 fully saturated rings. The van der Waals surface area contributed by atoms with Crippen LogP contribution in [0.15, 0.2) is 29.2 Å². The topological polar surface area (TPSA) is 66.8 Å². The normalized spacial score (nSPS) is 33.3. The van der Waals surface area contributed by atoms with Gasteiger partial charge in [0.15, 0.2) is 0 Å². The van der Waals surface area contributed by atoms with Crippen molar-refractivity contribution in [3.8, 4) is 0 Å². The number of hydrogen-bond donors (Lipinski definition) is 1. The summed E-state index contributed by atoms with van der Waals surface area (Å²) in [6, 6.07) is 6.88. The van der Waals surface area contributed by atoms with E-state index in [-0.39, 0.29) is 29.2 Å². The molecule has 0 aliphatic carbocycles. The molecule has 0 unspecified atom stereocenters. The molecule has 6 heteroatoms. The molecule has 2 heterocycles. The fraction of sp³-hybridized carbons (Fsp3) is 0.600. The molecule has 0 aromatic heterocycles. The van der Waals surface area contributed by atoms with Crippen LogP contribution in [0.25, 0.3) is 0 Å². The number of aryl methyl sites for hydroxylation is 1. The quantitative estimate of drug-likeness (QED) is 0.852. The van der Waals surface area contributed by atoms with E-state index in [1.54, 1.807) is 24.3 Å². The number of rotatable bonds is 3.